The molecule has 4 aliphatic heterocycles. The summed E-state index contributed by atoms with van der Waals surface area (Å²) in [5, 5.41) is 19.6. The SMILES string of the molecule is CC1(C)CCC(CN2CCN(c3ccc(C(=O)NS(=O)(=O)c4ccc(NCC5CCCN(CCSc6cccc7c6CN(C6CCC(=O)NC6=O)C7=O)C5)c([N+](=O)[O-])c4)c(Oc4cnc5[nH]ccc5c4)c3)CC2)=C(c2ccc(Cl)cc2)C1. The molecule has 3 fully saturated rings. The molecule has 6 aromatic rings. The molecule has 5 aliphatic rings. The van der Waals surface area contributed by atoms with Crippen molar-refractivity contribution in [3.63, 3.8) is 0 Å². The summed E-state index contributed by atoms with van der Waals surface area (Å²) in [6.45, 7) is 11.6. The van der Waals surface area contributed by atoms with E-state index in [1.165, 1.54) is 41.1 Å². The Morgan fingerprint density at radius 2 is 1.77 bits per heavy atom. The number of carbonyl (C=O) groups is 4. The third-order valence-electron chi connectivity index (χ3n) is 16.4. The summed E-state index contributed by atoms with van der Waals surface area (Å²) in [5.74, 6) is -0.642. The number of aromatic amines is 1. The minimum absolute atomic E-state index is 0.0617. The predicted octanol–water partition coefficient (Wildman–Crippen LogP) is 9.50. The number of piperazine rings is 1. The number of halogens is 1. The van der Waals surface area contributed by atoms with Gasteiger partial charge in [0.05, 0.1) is 21.6 Å². The lowest BCUT2D eigenvalue weighted by Crippen LogP contribution is -2.52. The van der Waals surface area contributed by atoms with E-state index in [0.717, 1.165) is 110 Å². The molecule has 2 aromatic heterocycles. The topological polar surface area (TPSA) is 233 Å². The number of anilines is 2. The van der Waals surface area contributed by atoms with Crippen molar-refractivity contribution in [2.24, 2.45) is 11.3 Å². The molecule has 1 aliphatic carbocycles. The van der Waals surface area contributed by atoms with Gasteiger partial charge in [-0.15, -0.1) is 11.8 Å². The molecule has 0 spiro atoms. The number of pyridine rings is 1. The van der Waals surface area contributed by atoms with Crippen LogP contribution in [0.3, 0.4) is 0 Å². The van der Waals surface area contributed by atoms with Gasteiger partial charge in [0.15, 0.2) is 0 Å². The van der Waals surface area contributed by atoms with Crippen molar-refractivity contribution in [2.75, 3.05) is 74.9 Å². The van der Waals surface area contributed by atoms with Crippen molar-refractivity contribution in [1.82, 2.24) is 34.7 Å². The number of thioether (sulfide) groups is 1. The Morgan fingerprint density at radius 1 is 0.951 bits per heavy atom. The van der Waals surface area contributed by atoms with Crippen LogP contribution < -0.4 is 25.0 Å². The molecule has 4 amide bonds. The molecule has 4 N–H and O–H groups in total. The van der Waals surface area contributed by atoms with Gasteiger partial charge in [0, 0.05) is 116 Å². The second-order valence-electron chi connectivity index (χ2n) is 22.7. The second-order valence-corrected chi connectivity index (χ2v) is 25.9. The fourth-order valence-corrected chi connectivity index (χ4v) is 14.2. The quantitative estimate of drug-likeness (QED) is 0.0272. The van der Waals surface area contributed by atoms with Crippen LogP contribution in [-0.2, 0) is 26.2 Å². The van der Waals surface area contributed by atoms with Crippen LogP contribution in [0.5, 0.6) is 11.5 Å². The number of carbonyl (C=O) groups excluding carboxylic acids is 4. The Bertz CT molecular complexity index is 3620. The smallest absolute Gasteiger partial charge is 0.293 e. The van der Waals surface area contributed by atoms with Crippen molar-refractivity contribution in [3.05, 3.63) is 146 Å². The number of allylic oxidation sites excluding steroid dienone is 1. The van der Waals surface area contributed by atoms with Gasteiger partial charge in [-0.05, 0) is 134 Å². The number of ether oxygens (including phenoxy) is 1. The number of hydrogen-bond acceptors (Lipinski definition) is 15. The van der Waals surface area contributed by atoms with E-state index >= 15 is 0 Å². The van der Waals surface area contributed by atoms with Gasteiger partial charge in [-0.2, -0.15) is 0 Å². The predicted molar refractivity (Wildman–Crippen MR) is 316 cm³/mol. The number of nitro benzene ring substituents is 1. The Morgan fingerprint density at radius 3 is 2.56 bits per heavy atom. The average molecular weight is 1170 g/mol. The number of nitrogens with one attached hydrogen (secondary N) is 4. The molecule has 82 heavy (non-hydrogen) atoms. The zero-order valence-electron chi connectivity index (χ0n) is 45.7. The van der Waals surface area contributed by atoms with E-state index in [0.29, 0.717) is 49.6 Å². The van der Waals surface area contributed by atoms with Gasteiger partial charge in [-0.1, -0.05) is 49.2 Å². The van der Waals surface area contributed by atoms with Crippen LogP contribution in [0.1, 0.15) is 90.6 Å². The third-order valence-corrected chi connectivity index (χ3v) is 19.1. The minimum atomic E-state index is -4.64. The molecule has 0 saturated carbocycles. The second kappa shape index (κ2) is 23.9. The molecule has 0 radical (unpaired) electrons. The van der Waals surface area contributed by atoms with E-state index in [-0.39, 0.29) is 46.6 Å². The summed E-state index contributed by atoms with van der Waals surface area (Å²) in [4.78, 5) is 80.4. The van der Waals surface area contributed by atoms with Gasteiger partial charge < -0.3 is 29.7 Å². The number of rotatable bonds is 18. The largest absolute Gasteiger partial charge is 0.455 e. The maximum absolute atomic E-state index is 14.2. The van der Waals surface area contributed by atoms with E-state index < -0.39 is 43.4 Å². The van der Waals surface area contributed by atoms with Crippen LogP contribution in [0.2, 0.25) is 5.02 Å². The first-order valence-corrected chi connectivity index (χ1v) is 30.7. The maximum atomic E-state index is 14.2. The highest BCUT2D eigenvalue weighted by atomic mass is 35.5. The molecule has 2 unspecified atom stereocenters. The van der Waals surface area contributed by atoms with Crippen LogP contribution >= 0.6 is 23.4 Å². The Labute approximate surface area is 485 Å². The number of fused-ring (bicyclic) bond motifs is 2. The van der Waals surface area contributed by atoms with Gasteiger partial charge in [-0.3, -0.25) is 39.5 Å². The number of imide groups is 1. The summed E-state index contributed by atoms with van der Waals surface area (Å²) in [5.41, 5.74) is 6.80. The zero-order chi connectivity index (χ0) is 57.3. The Hall–Kier alpha value is -7.30. The number of hydrogen-bond donors (Lipinski definition) is 4. The molecular weight excluding hydrogens is 1100 g/mol. The normalized spacial score (nSPS) is 19.8. The van der Waals surface area contributed by atoms with Crippen molar-refractivity contribution in [2.45, 2.75) is 81.2 Å². The summed E-state index contributed by atoms with van der Waals surface area (Å²) in [6, 6.07) is 25.3. The first-order valence-electron chi connectivity index (χ1n) is 27.8. The van der Waals surface area contributed by atoms with Crippen LogP contribution in [0, 0.1) is 21.4 Å². The fourth-order valence-electron chi connectivity index (χ4n) is 11.9. The van der Waals surface area contributed by atoms with Gasteiger partial charge in [0.2, 0.25) is 11.8 Å². The molecule has 0 bridgehead atoms. The summed E-state index contributed by atoms with van der Waals surface area (Å²) in [6.07, 6.45) is 8.71. The summed E-state index contributed by atoms with van der Waals surface area (Å²) >= 11 is 7.92. The van der Waals surface area contributed by atoms with Crippen LogP contribution in [0.15, 0.2) is 119 Å². The van der Waals surface area contributed by atoms with Crippen LogP contribution in [0.4, 0.5) is 17.1 Å². The number of H-pyrrole nitrogens is 1. The molecule has 11 rings (SSSR count). The third kappa shape index (κ3) is 12.7. The first kappa shape index (κ1) is 56.6. The zero-order valence-corrected chi connectivity index (χ0v) is 48.1. The molecule has 2 atom stereocenters. The maximum Gasteiger partial charge on any atom is 0.293 e. The van der Waals surface area contributed by atoms with Crippen molar-refractivity contribution in [3.8, 4) is 11.5 Å². The van der Waals surface area contributed by atoms with E-state index in [2.05, 4.69) is 66.0 Å². The van der Waals surface area contributed by atoms with Crippen molar-refractivity contribution in [1.29, 1.82) is 0 Å². The van der Waals surface area contributed by atoms with Gasteiger partial charge in [0.1, 0.15) is 28.9 Å². The van der Waals surface area contributed by atoms with Crippen LogP contribution in [0.25, 0.3) is 16.6 Å². The van der Waals surface area contributed by atoms with Gasteiger partial charge in [-0.25, -0.2) is 18.1 Å². The first-order chi connectivity index (χ1) is 39.4. The number of sulfonamides is 1. The van der Waals surface area contributed by atoms with Crippen molar-refractivity contribution >= 4 is 90.7 Å². The highest BCUT2D eigenvalue weighted by Crippen LogP contribution is 2.44. The summed E-state index contributed by atoms with van der Waals surface area (Å²) in [7, 11) is -4.64. The van der Waals surface area contributed by atoms with E-state index in [1.807, 2.05) is 30.3 Å². The van der Waals surface area contributed by atoms with Gasteiger partial charge >= 0.3 is 0 Å². The lowest BCUT2D eigenvalue weighted by atomic mass is 9.72. The van der Waals surface area contributed by atoms with E-state index in [1.54, 1.807) is 47.1 Å². The molecule has 6 heterocycles. The number of aromatic nitrogens is 2. The molecule has 3 saturated heterocycles. The van der Waals surface area contributed by atoms with E-state index in [9.17, 15) is 37.7 Å². The number of nitro groups is 1. The highest BCUT2D eigenvalue weighted by molar-refractivity contribution is 7.99. The monoisotopic (exact) mass is 1170 g/mol. The lowest BCUT2D eigenvalue weighted by Gasteiger charge is -2.39. The number of amides is 4. The number of piperidine rings is 2. The highest BCUT2D eigenvalue weighted by Gasteiger charge is 2.40. The molecule has 4 aromatic carbocycles. The average Bonchev–Trinajstić information content (AvgIpc) is 4.04. The minimum Gasteiger partial charge on any atom is -0.455 e. The van der Waals surface area contributed by atoms with E-state index in [4.69, 9.17) is 16.3 Å². The molecule has 428 valence electrons. The molecule has 22 heteroatoms. The lowest BCUT2D eigenvalue weighted by molar-refractivity contribution is -0.384. The standard InChI is InChI=1S/C60H65ClN10O9S2/c1-60(2)20-18-41(48(32-60)39-8-10-42(61)11-9-39)36-68-23-25-69(26-24-68)43-12-14-47(53(30-43)80-44-29-40-19-21-62-56(40)64-34-44)57(73)66-82(78,79)45-13-15-50(52(31-45)71(76)77)63-33-38-5-4-22-67(35-38)27-28-81-54-7-3-6-46-49(54)37-70(59(46)75)51-16-17-55(72)65-58(51)74/h3,6-15,19,21,29-31,34,38,51,63H,4-5,16-18,20,22-28,32-33,35-37H2,1-2H3,(H,62,64)(H,66,73)(H,65,72,74). The molecule has 19 nitrogen and oxygen atoms in total. The van der Waals surface area contributed by atoms with Crippen LogP contribution in [-0.4, -0.2) is 132 Å². The Balaban J connectivity index is 0.725. The number of nitrogens with zero attached hydrogens (tertiary/aromatic N) is 6. The Kier molecular flexibility index (Phi) is 16.5. The van der Waals surface area contributed by atoms with Crippen molar-refractivity contribution < 1.29 is 37.3 Å². The van der Waals surface area contributed by atoms with Gasteiger partial charge in [0.25, 0.3) is 27.5 Å². The summed E-state index contributed by atoms with van der Waals surface area (Å²) < 4.78 is 36.6. The number of likely N-dealkylation sites (tertiary alicyclic amines) is 1. The fraction of sp³-hybridized carbons (Fsp3) is 0.383. The molecular formula is C60H65ClN10O9S2. The number of benzene rings is 4.